The number of hydrogen-bond donors (Lipinski definition) is 0. The van der Waals surface area contributed by atoms with Crippen LogP contribution in [0.15, 0.2) is 78.9 Å². The van der Waals surface area contributed by atoms with Crippen LogP contribution in [0.1, 0.15) is 21.4 Å². The van der Waals surface area contributed by atoms with Crippen molar-refractivity contribution in [3.8, 4) is 22.4 Å². The Kier molecular flexibility index (Phi) is 1.98. The maximum atomic E-state index is 13.0. The van der Waals surface area contributed by atoms with E-state index in [1.54, 1.807) is 12.3 Å². The molecule has 0 fully saturated rings. The first kappa shape index (κ1) is 9.78. The van der Waals surface area contributed by atoms with Gasteiger partial charge < -0.3 is 0 Å². The van der Waals surface area contributed by atoms with Crippen LogP contribution in [0.4, 0.5) is 0 Å². The van der Waals surface area contributed by atoms with Crippen molar-refractivity contribution >= 4 is 16.6 Å². The molecule has 1 aliphatic carbocycles. The largest absolute Gasteiger partial charge is 0.289 e. The number of ketones is 1. The number of hydrogen-bond acceptors (Lipinski definition) is 2. The number of rotatable bonds is 1. The van der Waals surface area contributed by atoms with E-state index in [0.29, 0.717) is 27.8 Å². The quantitative estimate of drug-likeness (QED) is 0.430. The lowest BCUT2D eigenvalue weighted by molar-refractivity contribution is 0.104. The molecule has 3 aromatic carbocycles. The molecule has 0 amide bonds. The summed E-state index contributed by atoms with van der Waals surface area (Å²) in [5.41, 5.74) is 3.83. The monoisotopic (exact) mass is 311 g/mol. The Morgan fingerprint density at radius 1 is 0.792 bits per heavy atom. The molecule has 4 aromatic rings. The predicted octanol–water partition coefficient (Wildman–Crippen LogP) is 5.11. The van der Waals surface area contributed by atoms with Crippen molar-refractivity contribution in [1.82, 2.24) is 4.98 Å². The summed E-state index contributed by atoms with van der Waals surface area (Å²) in [6.07, 6.45) is 1.58. The number of pyridine rings is 1. The third-order valence-electron chi connectivity index (χ3n) is 4.44. The van der Waals surface area contributed by atoms with E-state index in [0.717, 1.165) is 16.5 Å². The summed E-state index contributed by atoms with van der Waals surface area (Å²) in [4.78, 5) is 17.4. The second-order valence-electron chi connectivity index (χ2n) is 5.69. The molecule has 2 heteroatoms. The highest BCUT2D eigenvalue weighted by molar-refractivity contribution is 6.28. The molecule has 0 unspecified atom stereocenters. The van der Waals surface area contributed by atoms with Crippen LogP contribution < -0.4 is 0 Å². The van der Waals surface area contributed by atoms with Gasteiger partial charge in [-0.25, -0.2) is 0 Å². The van der Waals surface area contributed by atoms with E-state index >= 15 is 0 Å². The van der Waals surface area contributed by atoms with Crippen molar-refractivity contribution in [2.24, 2.45) is 0 Å². The zero-order valence-electron chi connectivity index (χ0n) is 16.6. The average molecular weight is 311 g/mol. The molecule has 1 aliphatic rings. The summed E-state index contributed by atoms with van der Waals surface area (Å²) in [7, 11) is 0. The lowest BCUT2D eigenvalue weighted by Crippen LogP contribution is -1.97. The normalized spacial score (nSPS) is 14.6. The number of carbonyl (C=O) groups excluding carboxylic acids is 1. The third-order valence-corrected chi connectivity index (χ3v) is 4.44. The van der Waals surface area contributed by atoms with Crippen LogP contribution in [0.3, 0.4) is 0 Å². The van der Waals surface area contributed by atoms with Gasteiger partial charge in [0.1, 0.15) is 0 Å². The standard InChI is InChI=1S/C22H13NO/c24-22-19-9-5-4-8-15(19)16-10-11-18-17(20(16)22)12-13-23-21(18)14-6-2-1-3-7-14/h1-13H/i1D,2D,3D,6D. The fraction of sp³-hybridized carbons (Fsp3) is 0. The molecule has 0 atom stereocenters. The minimum Gasteiger partial charge on any atom is -0.289 e. The van der Waals surface area contributed by atoms with E-state index in [1.807, 2.05) is 36.4 Å². The van der Waals surface area contributed by atoms with Gasteiger partial charge in [-0.3, -0.25) is 9.78 Å². The Morgan fingerprint density at radius 2 is 1.67 bits per heavy atom. The lowest BCUT2D eigenvalue weighted by atomic mass is 9.96. The highest BCUT2D eigenvalue weighted by atomic mass is 16.1. The SMILES string of the molecule is [2H]c1cc(-c2nccc3c4c(ccc23)-c2ccccc2C4=O)c([2H])c([2H])c1[2H]. The second kappa shape index (κ2) is 4.87. The molecule has 0 N–H and O–H groups in total. The summed E-state index contributed by atoms with van der Waals surface area (Å²) in [6.45, 7) is 0. The Morgan fingerprint density at radius 3 is 2.58 bits per heavy atom. The van der Waals surface area contributed by atoms with Crippen molar-refractivity contribution in [3.05, 3.63) is 90.0 Å². The highest BCUT2D eigenvalue weighted by Gasteiger charge is 2.28. The molecule has 0 spiro atoms. The molecule has 0 radical (unpaired) electrons. The average Bonchev–Trinajstić information content (AvgIpc) is 3.02. The minimum atomic E-state index is -0.300. The van der Waals surface area contributed by atoms with Crippen molar-refractivity contribution in [2.45, 2.75) is 0 Å². The van der Waals surface area contributed by atoms with Gasteiger partial charge in [0.15, 0.2) is 5.78 Å². The summed E-state index contributed by atoms with van der Waals surface area (Å²) >= 11 is 0. The maximum Gasteiger partial charge on any atom is 0.194 e. The van der Waals surface area contributed by atoms with Crippen molar-refractivity contribution in [1.29, 1.82) is 0 Å². The number of benzene rings is 3. The first-order chi connectivity index (χ1) is 13.5. The molecule has 0 saturated carbocycles. The maximum absolute atomic E-state index is 13.0. The van der Waals surface area contributed by atoms with Gasteiger partial charge in [0.25, 0.3) is 0 Å². The summed E-state index contributed by atoms with van der Waals surface area (Å²) < 4.78 is 31.9. The molecule has 0 saturated heterocycles. The van der Waals surface area contributed by atoms with Gasteiger partial charge in [0.05, 0.1) is 11.2 Å². The molecular weight excluding hydrogens is 294 g/mol. The molecule has 112 valence electrons. The Bertz CT molecular complexity index is 1330. The fourth-order valence-corrected chi connectivity index (χ4v) is 3.40. The van der Waals surface area contributed by atoms with E-state index < -0.39 is 0 Å². The van der Waals surface area contributed by atoms with Crippen molar-refractivity contribution < 1.29 is 10.3 Å². The van der Waals surface area contributed by atoms with E-state index in [-0.39, 0.29) is 30.0 Å². The van der Waals surface area contributed by atoms with Crippen molar-refractivity contribution in [3.63, 3.8) is 0 Å². The highest BCUT2D eigenvalue weighted by Crippen LogP contribution is 2.41. The lowest BCUT2D eigenvalue weighted by Gasteiger charge is -2.09. The van der Waals surface area contributed by atoms with Gasteiger partial charge in [0.2, 0.25) is 0 Å². The van der Waals surface area contributed by atoms with Crippen LogP contribution in [-0.2, 0) is 0 Å². The molecule has 0 aliphatic heterocycles. The van der Waals surface area contributed by atoms with E-state index in [2.05, 4.69) is 4.98 Å². The van der Waals surface area contributed by atoms with Crippen LogP contribution >= 0.6 is 0 Å². The van der Waals surface area contributed by atoms with Gasteiger partial charge in [-0.15, -0.1) is 0 Å². The first-order valence-corrected chi connectivity index (χ1v) is 7.62. The van der Waals surface area contributed by atoms with Gasteiger partial charge in [-0.05, 0) is 22.6 Å². The van der Waals surface area contributed by atoms with E-state index in [1.165, 1.54) is 6.07 Å². The smallest absolute Gasteiger partial charge is 0.194 e. The predicted molar refractivity (Wildman–Crippen MR) is 96.0 cm³/mol. The third kappa shape index (κ3) is 1.71. The fourth-order valence-electron chi connectivity index (χ4n) is 3.40. The molecule has 24 heavy (non-hydrogen) atoms. The van der Waals surface area contributed by atoms with Gasteiger partial charge in [0, 0.05) is 28.3 Å². The summed E-state index contributed by atoms with van der Waals surface area (Å²) in [5, 5.41) is 1.42. The Balaban J connectivity index is 1.84. The van der Waals surface area contributed by atoms with Crippen molar-refractivity contribution in [2.75, 3.05) is 0 Å². The Hall–Kier alpha value is -3.26. The second-order valence-corrected chi connectivity index (χ2v) is 5.69. The van der Waals surface area contributed by atoms with Crippen LogP contribution in [0, 0.1) is 0 Å². The van der Waals surface area contributed by atoms with E-state index in [4.69, 9.17) is 5.48 Å². The number of nitrogens with zero attached hydrogens (tertiary/aromatic N) is 1. The molecule has 5 rings (SSSR count). The molecule has 0 bridgehead atoms. The van der Waals surface area contributed by atoms with Crippen LogP contribution in [0.25, 0.3) is 33.2 Å². The van der Waals surface area contributed by atoms with Crippen LogP contribution in [0.2, 0.25) is 0 Å². The van der Waals surface area contributed by atoms with Crippen LogP contribution in [0.5, 0.6) is 0 Å². The van der Waals surface area contributed by atoms with Gasteiger partial charge >= 0.3 is 0 Å². The summed E-state index contributed by atoms with van der Waals surface area (Å²) in [6, 6.07) is 13.6. The number of carbonyl (C=O) groups is 1. The molecule has 1 heterocycles. The van der Waals surface area contributed by atoms with Crippen LogP contribution in [-0.4, -0.2) is 10.8 Å². The number of aromatic nitrogens is 1. The van der Waals surface area contributed by atoms with Gasteiger partial charge in [-0.2, -0.15) is 0 Å². The molecule has 2 nitrogen and oxygen atoms in total. The Labute approximate surface area is 145 Å². The molecular formula is C22H13NO. The minimum absolute atomic E-state index is 0.0386. The zero-order valence-corrected chi connectivity index (χ0v) is 12.6. The topological polar surface area (TPSA) is 30.0 Å². The first-order valence-electron chi connectivity index (χ1n) is 9.62. The zero-order chi connectivity index (χ0) is 19.6. The summed E-state index contributed by atoms with van der Waals surface area (Å²) in [5.74, 6) is -0.0386. The number of fused-ring (bicyclic) bond motifs is 5. The van der Waals surface area contributed by atoms with E-state index in [9.17, 15) is 4.79 Å². The van der Waals surface area contributed by atoms with Gasteiger partial charge in [-0.1, -0.05) is 66.6 Å². The molecule has 1 aromatic heterocycles.